The fraction of sp³-hybridized carbons (Fsp3) is 0.353. The molecule has 5 nitrogen and oxygen atoms in total. The van der Waals surface area contributed by atoms with Crippen molar-refractivity contribution in [1.29, 1.82) is 0 Å². The van der Waals surface area contributed by atoms with Crippen LogP contribution in [-0.2, 0) is 14.4 Å². The number of amides is 3. The van der Waals surface area contributed by atoms with Gasteiger partial charge in [-0.1, -0.05) is 23.8 Å². The van der Waals surface area contributed by atoms with Crippen LogP contribution < -0.4 is 5.32 Å². The van der Waals surface area contributed by atoms with Gasteiger partial charge in [-0.05, 0) is 42.5 Å². The summed E-state index contributed by atoms with van der Waals surface area (Å²) in [6.07, 6.45) is 4.96. The average molecular weight is 331 g/mol. The molecule has 1 aromatic rings. The summed E-state index contributed by atoms with van der Waals surface area (Å²) in [7, 11) is 0. The number of likely N-dealkylation sites (tertiary alicyclic amines) is 1. The summed E-state index contributed by atoms with van der Waals surface area (Å²) in [5, 5.41) is 3.25. The highest BCUT2D eigenvalue weighted by molar-refractivity contribution is 6.30. The van der Waals surface area contributed by atoms with Gasteiger partial charge in [-0.3, -0.25) is 19.3 Å². The predicted octanol–water partition coefficient (Wildman–Crippen LogP) is 2.09. The number of hydrogen-bond acceptors (Lipinski definition) is 3. The molecule has 1 saturated carbocycles. The van der Waals surface area contributed by atoms with Crippen molar-refractivity contribution < 1.29 is 14.4 Å². The van der Waals surface area contributed by atoms with Gasteiger partial charge in [0, 0.05) is 10.7 Å². The minimum atomic E-state index is -0.380. The molecule has 1 heterocycles. The van der Waals surface area contributed by atoms with E-state index in [9.17, 15) is 14.4 Å². The van der Waals surface area contributed by atoms with Crippen molar-refractivity contribution in [2.45, 2.75) is 6.42 Å². The Morgan fingerprint density at radius 3 is 2.22 bits per heavy atom. The Morgan fingerprint density at radius 2 is 1.65 bits per heavy atom. The van der Waals surface area contributed by atoms with Crippen LogP contribution in [0, 0.1) is 23.7 Å². The van der Waals surface area contributed by atoms with Crippen LogP contribution in [0.4, 0.5) is 5.69 Å². The van der Waals surface area contributed by atoms with Crippen LogP contribution in [0.3, 0.4) is 0 Å². The number of benzene rings is 1. The number of carbonyl (C=O) groups excluding carboxylic acids is 3. The normalized spacial score (nSPS) is 30.9. The molecule has 3 amide bonds. The van der Waals surface area contributed by atoms with Gasteiger partial charge in [0.1, 0.15) is 6.54 Å². The van der Waals surface area contributed by atoms with E-state index in [1.54, 1.807) is 24.3 Å². The Bertz CT molecular complexity index is 698. The van der Waals surface area contributed by atoms with Crippen molar-refractivity contribution >= 4 is 35.0 Å². The molecule has 118 valence electrons. The van der Waals surface area contributed by atoms with Crippen molar-refractivity contribution in [3.8, 4) is 0 Å². The standard InChI is InChI=1S/C17H15ClN2O3/c18-11-3-5-12(6-4-11)19-13(21)8-20-16(22)14-9-1-2-10(7-9)15(14)17(20)23/h1-6,9-10,14-15H,7-8H2,(H,19,21)/t9-,10+,14-,15-/m0/s1. The second-order valence-electron chi connectivity index (χ2n) is 6.32. The topological polar surface area (TPSA) is 66.5 Å². The molecule has 0 aromatic heterocycles. The summed E-state index contributed by atoms with van der Waals surface area (Å²) in [4.78, 5) is 38.2. The number of anilines is 1. The fourth-order valence-corrected chi connectivity index (χ4v) is 4.12. The predicted molar refractivity (Wildman–Crippen MR) is 84.5 cm³/mol. The molecule has 6 heteroatoms. The molecule has 1 aromatic carbocycles. The Labute approximate surface area is 138 Å². The summed E-state index contributed by atoms with van der Waals surface area (Å²) < 4.78 is 0. The highest BCUT2D eigenvalue weighted by Crippen LogP contribution is 2.52. The van der Waals surface area contributed by atoms with Gasteiger partial charge >= 0.3 is 0 Å². The molecule has 23 heavy (non-hydrogen) atoms. The lowest BCUT2D eigenvalue weighted by atomic mass is 9.85. The van der Waals surface area contributed by atoms with Gasteiger partial charge in [0.25, 0.3) is 0 Å². The fourth-order valence-electron chi connectivity index (χ4n) is 4.00. The monoisotopic (exact) mass is 330 g/mol. The number of hydrogen-bond donors (Lipinski definition) is 1. The van der Waals surface area contributed by atoms with E-state index < -0.39 is 0 Å². The van der Waals surface area contributed by atoms with Crippen molar-refractivity contribution in [2.24, 2.45) is 23.7 Å². The van der Waals surface area contributed by atoms with Crippen LogP contribution >= 0.6 is 11.6 Å². The second kappa shape index (κ2) is 5.20. The first-order valence-corrected chi connectivity index (χ1v) is 8.01. The second-order valence-corrected chi connectivity index (χ2v) is 6.75. The molecule has 1 N–H and O–H groups in total. The highest BCUT2D eigenvalue weighted by Gasteiger charge is 2.59. The van der Waals surface area contributed by atoms with Gasteiger partial charge in [0.2, 0.25) is 17.7 Å². The molecular formula is C17H15ClN2O3. The average Bonchev–Trinajstić information content (AvgIpc) is 3.19. The number of allylic oxidation sites excluding steroid dienone is 2. The largest absolute Gasteiger partial charge is 0.325 e. The van der Waals surface area contributed by atoms with Gasteiger partial charge in [-0.2, -0.15) is 0 Å². The van der Waals surface area contributed by atoms with E-state index in [0.717, 1.165) is 11.3 Å². The first-order chi connectivity index (χ1) is 11.0. The van der Waals surface area contributed by atoms with Crippen LogP contribution in [0.25, 0.3) is 0 Å². The van der Waals surface area contributed by atoms with Crippen LogP contribution in [0.2, 0.25) is 5.02 Å². The third kappa shape index (κ3) is 2.27. The lowest BCUT2D eigenvalue weighted by molar-refractivity contribution is -0.143. The molecule has 1 aliphatic heterocycles. The molecule has 3 aliphatic rings. The first-order valence-electron chi connectivity index (χ1n) is 7.63. The molecule has 0 unspecified atom stereocenters. The van der Waals surface area contributed by atoms with E-state index >= 15 is 0 Å². The van der Waals surface area contributed by atoms with E-state index in [1.807, 2.05) is 12.2 Å². The van der Waals surface area contributed by atoms with Gasteiger partial charge in [-0.15, -0.1) is 0 Å². The van der Waals surface area contributed by atoms with E-state index in [-0.39, 0.29) is 47.9 Å². The number of rotatable bonds is 3. The minimum Gasteiger partial charge on any atom is -0.325 e. The lowest BCUT2D eigenvalue weighted by Crippen LogP contribution is -2.39. The third-order valence-electron chi connectivity index (χ3n) is 4.99. The van der Waals surface area contributed by atoms with E-state index in [0.29, 0.717) is 10.7 Å². The van der Waals surface area contributed by atoms with Crippen molar-refractivity contribution in [1.82, 2.24) is 4.90 Å². The number of carbonyl (C=O) groups is 3. The quantitative estimate of drug-likeness (QED) is 0.681. The van der Waals surface area contributed by atoms with Crippen molar-refractivity contribution in [3.63, 3.8) is 0 Å². The molecule has 2 fully saturated rings. The number of nitrogens with zero attached hydrogens (tertiary/aromatic N) is 1. The number of imide groups is 1. The van der Waals surface area contributed by atoms with Crippen LogP contribution in [0.1, 0.15) is 6.42 Å². The number of halogens is 1. The maximum absolute atomic E-state index is 12.5. The Balaban J connectivity index is 1.45. The highest BCUT2D eigenvalue weighted by atomic mass is 35.5. The minimum absolute atomic E-state index is 0.158. The first kappa shape index (κ1) is 14.5. The molecule has 2 bridgehead atoms. The third-order valence-corrected chi connectivity index (χ3v) is 5.24. The molecular weight excluding hydrogens is 316 g/mol. The Hall–Kier alpha value is -2.14. The molecule has 0 radical (unpaired) electrons. The molecule has 4 rings (SSSR count). The summed E-state index contributed by atoms with van der Waals surface area (Å²) in [5.74, 6) is -1.00. The van der Waals surface area contributed by atoms with Crippen molar-refractivity contribution in [3.05, 3.63) is 41.4 Å². The van der Waals surface area contributed by atoms with E-state index in [2.05, 4.69) is 5.32 Å². The van der Waals surface area contributed by atoms with E-state index in [4.69, 9.17) is 11.6 Å². The van der Waals surface area contributed by atoms with Crippen LogP contribution in [-0.4, -0.2) is 29.2 Å². The zero-order chi connectivity index (χ0) is 16.1. The molecule has 4 atom stereocenters. The Morgan fingerprint density at radius 1 is 1.09 bits per heavy atom. The lowest BCUT2D eigenvalue weighted by Gasteiger charge is -2.16. The SMILES string of the molecule is O=C(CN1C(=O)[C@@H]2[C@@H](C1=O)[C@H]1C=C[C@@H]2C1)Nc1ccc(Cl)cc1. The number of fused-ring (bicyclic) bond motifs is 5. The van der Waals surface area contributed by atoms with Gasteiger partial charge in [0.05, 0.1) is 11.8 Å². The summed E-state index contributed by atoms with van der Waals surface area (Å²) in [6, 6.07) is 6.67. The van der Waals surface area contributed by atoms with E-state index in [1.165, 1.54) is 0 Å². The molecule has 1 saturated heterocycles. The summed E-state index contributed by atoms with van der Waals surface area (Å²) >= 11 is 5.80. The van der Waals surface area contributed by atoms with Crippen LogP contribution in [0.5, 0.6) is 0 Å². The van der Waals surface area contributed by atoms with Crippen LogP contribution in [0.15, 0.2) is 36.4 Å². The summed E-state index contributed by atoms with van der Waals surface area (Å²) in [6.45, 7) is -0.229. The number of nitrogens with one attached hydrogen (secondary N) is 1. The maximum atomic E-state index is 12.5. The maximum Gasteiger partial charge on any atom is 0.244 e. The molecule has 0 spiro atoms. The smallest absolute Gasteiger partial charge is 0.244 e. The Kier molecular flexibility index (Phi) is 3.27. The van der Waals surface area contributed by atoms with Gasteiger partial charge in [-0.25, -0.2) is 0 Å². The summed E-state index contributed by atoms with van der Waals surface area (Å²) in [5.41, 5.74) is 0.584. The zero-order valence-electron chi connectivity index (χ0n) is 12.2. The zero-order valence-corrected chi connectivity index (χ0v) is 13.0. The van der Waals surface area contributed by atoms with Crippen molar-refractivity contribution in [2.75, 3.05) is 11.9 Å². The molecule has 2 aliphatic carbocycles. The van der Waals surface area contributed by atoms with Gasteiger partial charge < -0.3 is 5.32 Å². The van der Waals surface area contributed by atoms with Gasteiger partial charge in [0.15, 0.2) is 0 Å².